The lowest BCUT2D eigenvalue weighted by molar-refractivity contribution is -0.122. The van der Waals surface area contributed by atoms with Gasteiger partial charge in [-0.3, -0.25) is 10.1 Å². The summed E-state index contributed by atoms with van der Waals surface area (Å²) in [6.07, 6.45) is 0. The Balaban J connectivity index is 2.44. The third kappa shape index (κ3) is 3.64. The Bertz CT molecular complexity index is 298. The normalized spacial score (nSPS) is 14.6. The SMILES string of the molecule is CCNC(=O)C(C)N[C@@H](C)c1cccs1. The van der Waals surface area contributed by atoms with Crippen LogP contribution in [0.2, 0.25) is 0 Å². The maximum atomic E-state index is 11.5. The largest absolute Gasteiger partial charge is 0.355 e. The first-order valence-corrected chi connectivity index (χ1v) is 6.10. The van der Waals surface area contributed by atoms with Gasteiger partial charge in [0, 0.05) is 17.5 Å². The average Bonchev–Trinajstić information content (AvgIpc) is 2.70. The molecule has 15 heavy (non-hydrogen) atoms. The fraction of sp³-hybridized carbons (Fsp3) is 0.545. The summed E-state index contributed by atoms with van der Waals surface area (Å²) in [5.41, 5.74) is 0. The van der Waals surface area contributed by atoms with Crippen LogP contribution >= 0.6 is 11.3 Å². The molecule has 1 aromatic heterocycles. The first-order chi connectivity index (χ1) is 7.15. The Labute approximate surface area is 94.9 Å². The summed E-state index contributed by atoms with van der Waals surface area (Å²) in [6.45, 7) is 6.56. The number of thiophene rings is 1. The van der Waals surface area contributed by atoms with Gasteiger partial charge < -0.3 is 5.32 Å². The Morgan fingerprint density at radius 3 is 2.80 bits per heavy atom. The second kappa shape index (κ2) is 5.88. The molecule has 0 aliphatic carbocycles. The molecule has 2 N–H and O–H groups in total. The van der Waals surface area contributed by atoms with Gasteiger partial charge in [0.15, 0.2) is 0 Å². The van der Waals surface area contributed by atoms with Crippen LogP contribution < -0.4 is 10.6 Å². The lowest BCUT2D eigenvalue weighted by Gasteiger charge is -2.18. The summed E-state index contributed by atoms with van der Waals surface area (Å²) in [5.74, 6) is 0.0564. The molecule has 1 heterocycles. The Morgan fingerprint density at radius 1 is 1.53 bits per heavy atom. The number of likely N-dealkylation sites (N-methyl/N-ethyl adjacent to an activating group) is 1. The van der Waals surface area contributed by atoms with Gasteiger partial charge in [-0.1, -0.05) is 6.07 Å². The highest BCUT2D eigenvalue weighted by Gasteiger charge is 2.15. The van der Waals surface area contributed by atoms with Crippen molar-refractivity contribution in [2.75, 3.05) is 6.54 Å². The van der Waals surface area contributed by atoms with Crippen molar-refractivity contribution in [3.63, 3.8) is 0 Å². The summed E-state index contributed by atoms with van der Waals surface area (Å²) in [7, 11) is 0. The molecule has 0 aromatic carbocycles. The van der Waals surface area contributed by atoms with Crippen molar-refractivity contribution >= 4 is 17.2 Å². The molecule has 1 unspecified atom stereocenters. The topological polar surface area (TPSA) is 41.1 Å². The predicted octanol–water partition coefficient (Wildman–Crippen LogP) is 1.92. The molecule has 2 atom stereocenters. The van der Waals surface area contributed by atoms with E-state index in [9.17, 15) is 4.79 Å². The maximum absolute atomic E-state index is 11.5. The lowest BCUT2D eigenvalue weighted by atomic mass is 10.2. The molecule has 0 saturated carbocycles. The average molecular weight is 226 g/mol. The molecule has 0 fully saturated rings. The number of nitrogens with one attached hydrogen (secondary N) is 2. The molecule has 4 heteroatoms. The van der Waals surface area contributed by atoms with Gasteiger partial charge >= 0.3 is 0 Å². The number of hydrogen-bond acceptors (Lipinski definition) is 3. The zero-order chi connectivity index (χ0) is 11.3. The van der Waals surface area contributed by atoms with Crippen molar-refractivity contribution < 1.29 is 4.79 Å². The van der Waals surface area contributed by atoms with Gasteiger partial charge in [0.1, 0.15) is 0 Å². The summed E-state index contributed by atoms with van der Waals surface area (Å²) < 4.78 is 0. The van der Waals surface area contributed by atoms with Crippen LogP contribution in [0.25, 0.3) is 0 Å². The standard InChI is InChI=1S/C11H18N2OS/c1-4-12-11(14)9(3)13-8(2)10-6-5-7-15-10/h5-9,13H,4H2,1-3H3,(H,12,14)/t8-,9?/m0/s1. The molecular weight excluding hydrogens is 208 g/mol. The Morgan fingerprint density at radius 2 is 2.27 bits per heavy atom. The molecule has 0 aliphatic rings. The summed E-state index contributed by atoms with van der Waals surface area (Å²) in [6, 6.07) is 4.17. The molecule has 3 nitrogen and oxygen atoms in total. The van der Waals surface area contributed by atoms with Gasteiger partial charge in [-0.05, 0) is 32.2 Å². The van der Waals surface area contributed by atoms with E-state index in [-0.39, 0.29) is 18.0 Å². The van der Waals surface area contributed by atoms with Gasteiger partial charge in [0.25, 0.3) is 0 Å². The van der Waals surface area contributed by atoms with E-state index in [1.54, 1.807) is 11.3 Å². The van der Waals surface area contributed by atoms with Crippen LogP contribution in [0.1, 0.15) is 31.7 Å². The van der Waals surface area contributed by atoms with Gasteiger partial charge in [-0.25, -0.2) is 0 Å². The van der Waals surface area contributed by atoms with E-state index in [0.717, 1.165) is 0 Å². The highest BCUT2D eigenvalue weighted by Crippen LogP contribution is 2.18. The van der Waals surface area contributed by atoms with Crippen LogP contribution in [-0.2, 0) is 4.79 Å². The molecule has 84 valence electrons. The molecule has 0 aliphatic heterocycles. The van der Waals surface area contributed by atoms with Crippen LogP contribution in [-0.4, -0.2) is 18.5 Å². The van der Waals surface area contributed by atoms with E-state index >= 15 is 0 Å². The third-order valence-electron chi connectivity index (χ3n) is 2.21. The molecule has 1 rings (SSSR count). The first-order valence-electron chi connectivity index (χ1n) is 5.22. The van der Waals surface area contributed by atoms with E-state index in [4.69, 9.17) is 0 Å². The van der Waals surface area contributed by atoms with Crippen molar-refractivity contribution in [2.45, 2.75) is 32.9 Å². The molecule has 0 spiro atoms. The quantitative estimate of drug-likeness (QED) is 0.805. The highest BCUT2D eigenvalue weighted by molar-refractivity contribution is 7.10. The molecule has 0 radical (unpaired) electrons. The number of amides is 1. The number of hydrogen-bond donors (Lipinski definition) is 2. The molecule has 0 bridgehead atoms. The third-order valence-corrected chi connectivity index (χ3v) is 3.27. The van der Waals surface area contributed by atoms with Crippen LogP contribution in [0, 0.1) is 0 Å². The van der Waals surface area contributed by atoms with Crippen LogP contribution in [0.3, 0.4) is 0 Å². The predicted molar refractivity (Wildman–Crippen MR) is 64.0 cm³/mol. The minimum atomic E-state index is -0.151. The van der Waals surface area contributed by atoms with E-state index < -0.39 is 0 Å². The van der Waals surface area contributed by atoms with Gasteiger partial charge in [-0.15, -0.1) is 11.3 Å². The van der Waals surface area contributed by atoms with Crippen LogP contribution in [0.4, 0.5) is 0 Å². The van der Waals surface area contributed by atoms with E-state index in [0.29, 0.717) is 6.54 Å². The molecule has 1 amide bonds. The second-order valence-electron chi connectivity index (χ2n) is 3.52. The summed E-state index contributed by atoms with van der Waals surface area (Å²) >= 11 is 1.70. The fourth-order valence-corrected chi connectivity index (χ4v) is 2.14. The molecular formula is C11H18N2OS. The van der Waals surface area contributed by atoms with Gasteiger partial charge in [-0.2, -0.15) is 0 Å². The highest BCUT2D eigenvalue weighted by atomic mass is 32.1. The molecule has 0 saturated heterocycles. The lowest BCUT2D eigenvalue weighted by Crippen LogP contribution is -2.42. The number of carbonyl (C=O) groups is 1. The van der Waals surface area contributed by atoms with Crippen molar-refractivity contribution in [1.82, 2.24) is 10.6 Å². The van der Waals surface area contributed by atoms with Crippen LogP contribution in [0.5, 0.6) is 0 Å². The van der Waals surface area contributed by atoms with E-state index in [1.165, 1.54) is 4.88 Å². The Hall–Kier alpha value is -0.870. The zero-order valence-electron chi connectivity index (χ0n) is 9.41. The maximum Gasteiger partial charge on any atom is 0.236 e. The van der Waals surface area contributed by atoms with E-state index in [1.807, 2.05) is 25.3 Å². The van der Waals surface area contributed by atoms with Gasteiger partial charge in [0.2, 0.25) is 5.91 Å². The smallest absolute Gasteiger partial charge is 0.236 e. The Kier molecular flexibility index (Phi) is 4.78. The zero-order valence-corrected chi connectivity index (χ0v) is 10.2. The second-order valence-corrected chi connectivity index (χ2v) is 4.50. The fourth-order valence-electron chi connectivity index (χ4n) is 1.40. The number of carbonyl (C=O) groups excluding carboxylic acids is 1. The minimum Gasteiger partial charge on any atom is -0.355 e. The number of rotatable bonds is 5. The summed E-state index contributed by atoms with van der Waals surface area (Å²) in [4.78, 5) is 12.7. The first kappa shape index (κ1) is 12.2. The van der Waals surface area contributed by atoms with Crippen LogP contribution in [0.15, 0.2) is 17.5 Å². The van der Waals surface area contributed by atoms with Crippen molar-refractivity contribution in [1.29, 1.82) is 0 Å². The van der Waals surface area contributed by atoms with Gasteiger partial charge in [0.05, 0.1) is 6.04 Å². The van der Waals surface area contributed by atoms with Crippen molar-refractivity contribution in [2.24, 2.45) is 0 Å². The van der Waals surface area contributed by atoms with Crippen molar-refractivity contribution in [3.8, 4) is 0 Å². The minimum absolute atomic E-state index is 0.0564. The van der Waals surface area contributed by atoms with E-state index in [2.05, 4.69) is 23.6 Å². The molecule has 1 aromatic rings. The summed E-state index contributed by atoms with van der Waals surface area (Å²) in [5, 5.41) is 8.11. The monoisotopic (exact) mass is 226 g/mol. The van der Waals surface area contributed by atoms with Crippen molar-refractivity contribution in [3.05, 3.63) is 22.4 Å².